The minimum Gasteiger partial charge on any atom is -0.451 e. The Bertz CT molecular complexity index is 911. The molecule has 1 atom stereocenters. The van der Waals surface area contributed by atoms with Crippen LogP contribution >= 0.6 is 0 Å². The van der Waals surface area contributed by atoms with Crippen LogP contribution in [0.4, 0.5) is 10.1 Å². The van der Waals surface area contributed by atoms with Crippen molar-refractivity contribution in [1.29, 1.82) is 0 Å². The van der Waals surface area contributed by atoms with Crippen LogP contribution in [0.1, 0.15) is 34.0 Å². The molecule has 2 N–H and O–H groups in total. The van der Waals surface area contributed by atoms with Gasteiger partial charge in [-0.25, -0.2) is 4.39 Å². The lowest BCUT2D eigenvalue weighted by Crippen LogP contribution is -2.35. The molecule has 7 heteroatoms. The first-order chi connectivity index (χ1) is 13.2. The predicted molar refractivity (Wildman–Crippen MR) is 104 cm³/mol. The van der Waals surface area contributed by atoms with Gasteiger partial charge in [0.05, 0.1) is 0 Å². The number of carbonyl (C=O) groups is 3. The third kappa shape index (κ3) is 5.64. The second kappa shape index (κ2) is 9.12. The zero-order chi connectivity index (χ0) is 20.8. The fourth-order valence-electron chi connectivity index (χ4n) is 2.34. The van der Waals surface area contributed by atoms with Crippen LogP contribution in [-0.2, 0) is 14.3 Å². The number of amides is 2. The van der Waals surface area contributed by atoms with Crippen LogP contribution in [-0.4, -0.2) is 30.4 Å². The van der Waals surface area contributed by atoms with Gasteiger partial charge < -0.3 is 15.4 Å². The predicted octanol–water partition coefficient (Wildman–Crippen LogP) is 3.05. The summed E-state index contributed by atoms with van der Waals surface area (Å²) < 4.78 is 18.5. The Morgan fingerprint density at radius 1 is 1.00 bits per heavy atom. The maximum Gasteiger partial charge on any atom is 0.326 e. The summed E-state index contributed by atoms with van der Waals surface area (Å²) in [6, 6.07) is 9.49. The van der Waals surface area contributed by atoms with Crippen molar-refractivity contribution in [2.24, 2.45) is 0 Å². The Hall–Kier alpha value is -3.22. The summed E-state index contributed by atoms with van der Waals surface area (Å²) in [6.07, 6.45) is -1.10. The number of aryl methyl sites for hydroxylation is 3. The molecular weight excluding hydrogens is 363 g/mol. The largest absolute Gasteiger partial charge is 0.451 e. The molecule has 0 heterocycles. The molecule has 0 saturated heterocycles. The Morgan fingerprint density at radius 3 is 2.32 bits per heavy atom. The summed E-state index contributed by atoms with van der Waals surface area (Å²) in [5.41, 5.74) is 3.18. The van der Waals surface area contributed by atoms with E-state index in [-0.39, 0.29) is 12.2 Å². The fraction of sp³-hybridized carbons (Fsp3) is 0.286. The quantitative estimate of drug-likeness (QED) is 0.748. The average Bonchev–Trinajstić information content (AvgIpc) is 2.64. The number of halogens is 1. The van der Waals surface area contributed by atoms with Gasteiger partial charge in [-0.2, -0.15) is 0 Å². The molecule has 0 fully saturated rings. The smallest absolute Gasteiger partial charge is 0.326 e. The van der Waals surface area contributed by atoms with E-state index >= 15 is 0 Å². The highest BCUT2D eigenvalue weighted by Gasteiger charge is 2.19. The van der Waals surface area contributed by atoms with Crippen LogP contribution in [0, 0.1) is 26.6 Å². The van der Waals surface area contributed by atoms with Crippen molar-refractivity contribution in [3.05, 3.63) is 64.5 Å². The highest BCUT2D eigenvalue weighted by atomic mass is 19.1. The highest BCUT2D eigenvalue weighted by Crippen LogP contribution is 2.14. The molecule has 0 radical (unpaired) electrons. The number of rotatable bonds is 6. The highest BCUT2D eigenvalue weighted by molar-refractivity contribution is 5.97. The van der Waals surface area contributed by atoms with Gasteiger partial charge in [-0.15, -0.1) is 0 Å². The Balaban J connectivity index is 1.84. The SMILES string of the molecule is Cc1ccc(C(=O)NCC(=O)OC(C)C(=O)Nc2ccc(C)c(F)c2)cc1C. The van der Waals surface area contributed by atoms with Crippen molar-refractivity contribution < 1.29 is 23.5 Å². The fourth-order valence-corrected chi connectivity index (χ4v) is 2.34. The second-order valence-corrected chi connectivity index (χ2v) is 6.57. The maximum absolute atomic E-state index is 13.5. The van der Waals surface area contributed by atoms with Gasteiger partial charge in [-0.3, -0.25) is 14.4 Å². The lowest BCUT2D eigenvalue weighted by atomic mass is 10.1. The van der Waals surface area contributed by atoms with Gasteiger partial charge in [-0.05, 0) is 68.7 Å². The summed E-state index contributed by atoms with van der Waals surface area (Å²) in [5, 5.41) is 4.93. The maximum atomic E-state index is 13.5. The average molecular weight is 386 g/mol. The first-order valence-corrected chi connectivity index (χ1v) is 8.79. The van der Waals surface area contributed by atoms with Gasteiger partial charge in [0, 0.05) is 11.3 Å². The molecule has 1 unspecified atom stereocenters. The summed E-state index contributed by atoms with van der Waals surface area (Å²) >= 11 is 0. The van der Waals surface area contributed by atoms with Gasteiger partial charge in [0.15, 0.2) is 6.10 Å². The number of nitrogens with one attached hydrogen (secondary N) is 2. The topological polar surface area (TPSA) is 84.5 Å². The number of hydrogen-bond donors (Lipinski definition) is 2. The van der Waals surface area contributed by atoms with Gasteiger partial charge >= 0.3 is 5.97 Å². The summed E-state index contributed by atoms with van der Waals surface area (Å²) in [7, 11) is 0. The van der Waals surface area contributed by atoms with Crippen LogP contribution < -0.4 is 10.6 Å². The molecule has 148 valence electrons. The number of hydrogen-bond acceptors (Lipinski definition) is 4. The van der Waals surface area contributed by atoms with Gasteiger partial charge in [-0.1, -0.05) is 12.1 Å². The summed E-state index contributed by atoms with van der Waals surface area (Å²) in [5.74, 6) is -2.21. The normalized spacial score (nSPS) is 11.5. The van der Waals surface area contributed by atoms with E-state index in [4.69, 9.17) is 4.74 Å². The molecular formula is C21H23FN2O4. The first-order valence-electron chi connectivity index (χ1n) is 8.79. The molecule has 0 bridgehead atoms. The third-order valence-electron chi connectivity index (χ3n) is 4.28. The monoisotopic (exact) mass is 386 g/mol. The van der Waals surface area contributed by atoms with Crippen molar-refractivity contribution in [2.75, 3.05) is 11.9 Å². The first kappa shape index (κ1) is 21.1. The van der Waals surface area contributed by atoms with E-state index in [1.54, 1.807) is 25.1 Å². The summed E-state index contributed by atoms with van der Waals surface area (Å²) in [6.45, 7) is 6.45. The standard InChI is InChI=1S/C21H23FN2O4/c1-12-5-7-16(9-14(12)3)21(27)23-11-19(25)28-15(4)20(26)24-17-8-6-13(2)18(22)10-17/h5-10,15H,11H2,1-4H3,(H,23,27)(H,24,26). The van der Waals surface area contributed by atoms with Gasteiger partial charge in [0.2, 0.25) is 0 Å². The molecule has 6 nitrogen and oxygen atoms in total. The molecule has 0 spiro atoms. The Morgan fingerprint density at radius 2 is 1.68 bits per heavy atom. The second-order valence-electron chi connectivity index (χ2n) is 6.57. The minimum atomic E-state index is -1.10. The van der Waals surface area contributed by atoms with Crippen LogP contribution in [0.15, 0.2) is 36.4 Å². The lowest BCUT2D eigenvalue weighted by molar-refractivity contribution is -0.152. The van der Waals surface area contributed by atoms with Crippen molar-refractivity contribution >= 4 is 23.5 Å². The molecule has 28 heavy (non-hydrogen) atoms. The van der Waals surface area contributed by atoms with Crippen LogP contribution in [0.25, 0.3) is 0 Å². The molecule has 2 rings (SSSR count). The molecule has 2 aromatic rings. The number of anilines is 1. The zero-order valence-electron chi connectivity index (χ0n) is 16.3. The van der Waals surface area contributed by atoms with E-state index in [0.29, 0.717) is 11.1 Å². The zero-order valence-corrected chi connectivity index (χ0v) is 16.3. The number of ether oxygens (including phenoxy) is 1. The lowest BCUT2D eigenvalue weighted by Gasteiger charge is -2.14. The van der Waals surface area contributed by atoms with Crippen LogP contribution in [0.5, 0.6) is 0 Å². The van der Waals surface area contributed by atoms with E-state index in [2.05, 4.69) is 10.6 Å². The Labute approximate surface area is 163 Å². The van der Waals surface area contributed by atoms with Crippen LogP contribution in [0.3, 0.4) is 0 Å². The molecule has 0 aliphatic heterocycles. The Kier molecular flexibility index (Phi) is 6.87. The molecule has 2 aromatic carbocycles. The van der Waals surface area contributed by atoms with Crippen molar-refractivity contribution in [2.45, 2.75) is 33.8 Å². The minimum absolute atomic E-state index is 0.263. The van der Waals surface area contributed by atoms with Crippen molar-refractivity contribution in [3.8, 4) is 0 Å². The molecule has 0 aromatic heterocycles. The molecule has 0 aliphatic carbocycles. The van der Waals surface area contributed by atoms with E-state index in [0.717, 1.165) is 11.1 Å². The van der Waals surface area contributed by atoms with Crippen LogP contribution in [0.2, 0.25) is 0 Å². The summed E-state index contributed by atoms with van der Waals surface area (Å²) in [4.78, 5) is 36.1. The molecule has 0 saturated carbocycles. The molecule has 0 aliphatic rings. The number of esters is 1. The number of benzene rings is 2. The van der Waals surface area contributed by atoms with Crippen molar-refractivity contribution in [1.82, 2.24) is 5.32 Å². The van der Waals surface area contributed by atoms with Crippen molar-refractivity contribution in [3.63, 3.8) is 0 Å². The van der Waals surface area contributed by atoms with E-state index in [1.807, 2.05) is 19.9 Å². The van der Waals surface area contributed by atoms with E-state index < -0.39 is 29.7 Å². The van der Waals surface area contributed by atoms with E-state index in [9.17, 15) is 18.8 Å². The van der Waals surface area contributed by atoms with E-state index in [1.165, 1.54) is 19.1 Å². The molecule has 2 amide bonds. The third-order valence-corrected chi connectivity index (χ3v) is 4.28. The number of carbonyl (C=O) groups excluding carboxylic acids is 3. The van der Waals surface area contributed by atoms with Gasteiger partial charge in [0.1, 0.15) is 12.4 Å². The van der Waals surface area contributed by atoms with Gasteiger partial charge in [0.25, 0.3) is 11.8 Å².